The Morgan fingerprint density at radius 1 is 1.40 bits per heavy atom. The third kappa shape index (κ3) is 5.32. The van der Waals surface area contributed by atoms with Gasteiger partial charge in [0.25, 0.3) is 0 Å². The van der Waals surface area contributed by atoms with Gasteiger partial charge in [0.15, 0.2) is 0 Å². The maximum atomic E-state index is 5.74. The molecule has 2 nitrogen and oxygen atoms in total. The van der Waals surface area contributed by atoms with Crippen molar-refractivity contribution in [2.24, 2.45) is 5.92 Å². The first-order valence-corrected chi connectivity index (χ1v) is 6.80. The van der Waals surface area contributed by atoms with E-state index >= 15 is 0 Å². The fourth-order valence-electron chi connectivity index (χ4n) is 1.89. The second-order valence-electron chi connectivity index (χ2n) is 5.54. The molecule has 0 aromatic rings. The molecule has 1 rings (SSSR count). The highest BCUT2D eigenvalue weighted by Gasteiger charge is 2.23. The first-order valence-electron chi connectivity index (χ1n) is 5.89. The number of piperidine rings is 1. The zero-order valence-electron chi connectivity index (χ0n) is 10.4. The highest BCUT2D eigenvalue weighted by atomic mass is 79.9. The molecule has 0 N–H and O–H groups in total. The Bertz CT molecular complexity index is 191. The molecule has 0 bridgehead atoms. The minimum absolute atomic E-state index is 0.000634. The summed E-state index contributed by atoms with van der Waals surface area (Å²) >= 11 is 3.72. The van der Waals surface area contributed by atoms with Crippen LogP contribution in [0.4, 0.5) is 0 Å². The van der Waals surface area contributed by atoms with E-state index in [0.29, 0.717) is 4.83 Å². The molecule has 0 aromatic carbocycles. The lowest BCUT2D eigenvalue weighted by molar-refractivity contribution is -0.0163. The van der Waals surface area contributed by atoms with Crippen LogP contribution < -0.4 is 0 Å². The number of hydrogen-bond donors (Lipinski definition) is 0. The van der Waals surface area contributed by atoms with Crippen LogP contribution in [0.1, 0.15) is 34.1 Å². The molecule has 15 heavy (non-hydrogen) atoms. The molecule has 90 valence electrons. The summed E-state index contributed by atoms with van der Waals surface area (Å²) in [4.78, 5) is 3.21. The molecule has 1 fully saturated rings. The van der Waals surface area contributed by atoms with Crippen molar-refractivity contribution in [2.75, 3.05) is 26.2 Å². The van der Waals surface area contributed by atoms with Gasteiger partial charge in [0.1, 0.15) is 0 Å². The summed E-state index contributed by atoms with van der Waals surface area (Å²) in [5.41, 5.74) is -0.000634. The maximum Gasteiger partial charge on any atom is 0.0600 e. The largest absolute Gasteiger partial charge is 0.375 e. The van der Waals surface area contributed by atoms with Crippen LogP contribution >= 0.6 is 15.9 Å². The minimum Gasteiger partial charge on any atom is -0.375 e. The molecule has 1 heterocycles. The number of hydrogen-bond acceptors (Lipinski definition) is 2. The van der Waals surface area contributed by atoms with Crippen LogP contribution in [0.3, 0.4) is 0 Å². The number of nitrogens with zero attached hydrogens (tertiary/aromatic N) is 1. The zero-order valence-corrected chi connectivity index (χ0v) is 12.0. The Morgan fingerprint density at radius 3 is 2.60 bits per heavy atom. The van der Waals surface area contributed by atoms with Crippen molar-refractivity contribution in [2.45, 2.75) is 44.5 Å². The van der Waals surface area contributed by atoms with Gasteiger partial charge in [0.2, 0.25) is 0 Å². The van der Waals surface area contributed by atoms with Gasteiger partial charge >= 0.3 is 0 Å². The van der Waals surface area contributed by atoms with E-state index in [9.17, 15) is 0 Å². The van der Waals surface area contributed by atoms with Crippen LogP contribution in [-0.4, -0.2) is 41.6 Å². The van der Waals surface area contributed by atoms with Gasteiger partial charge in [-0.25, -0.2) is 0 Å². The molecule has 2 unspecified atom stereocenters. The zero-order chi connectivity index (χ0) is 11.5. The molecule has 0 saturated carbocycles. The van der Waals surface area contributed by atoms with E-state index in [1.807, 2.05) is 0 Å². The molecule has 3 heteroatoms. The van der Waals surface area contributed by atoms with Crippen molar-refractivity contribution in [1.82, 2.24) is 4.90 Å². The summed E-state index contributed by atoms with van der Waals surface area (Å²) in [5.74, 6) is 0.758. The summed E-state index contributed by atoms with van der Waals surface area (Å²) in [5, 5.41) is 0. The second kappa shape index (κ2) is 5.65. The molecule has 1 aliphatic rings. The molecule has 0 amide bonds. The van der Waals surface area contributed by atoms with Gasteiger partial charge in [-0.1, -0.05) is 22.9 Å². The molecule has 0 aromatic heterocycles. The Kier molecular flexibility index (Phi) is 5.07. The number of ether oxygens (including phenoxy) is 1. The van der Waals surface area contributed by atoms with Crippen LogP contribution in [0.2, 0.25) is 0 Å². The molecule has 1 saturated heterocycles. The Labute approximate surface area is 102 Å². The lowest BCUT2D eigenvalue weighted by atomic mass is 10.0. The van der Waals surface area contributed by atoms with Crippen molar-refractivity contribution < 1.29 is 4.74 Å². The van der Waals surface area contributed by atoms with Crippen molar-refractivity contribution >= 4 is 15.9 Å². The van der Waals surface area contributed by atoms with Crippen LogP contribution in [0.5, 0.6) is 0 Å². The molecular weight excluding hydrogens is 254 g/mol. The average molecular weight is 278 g/mol. The minimum atomic E-state index is -0.000634. The van der Waals surface area contributed by atoms with E-state index in [-0.39, 0.29) is 5.60 Å². The molecule has 0 radical (unpaired) electrons. The van der Waals surface area contributed by atoms with Crippen LogP contribution in [0, 0.1) is 5.92 Å². The molecular formula is C12H24BrNO. The lowest BCUT2D eigenvalue weighted by Gasteiger charge is -2.34. The molecule has 2 atom stereocenters. The van der Waals surface area contributed by atoms with Gasteiger partial charge in [0.05, 0.1) is 12.2 Å². The van der Waals surface area contributed by atoms with Crippen molar-refractivity contribution in [3.63, 3.8) is 0 Å². The van der Waals surface area contributed by atoms with Gasteiger partial charge in [-0.05, 0) is 39.7 Å². The van der Waals surface area contributed by atoms with E-state index < -0.39 is 0 Å². The number of alkyl halides is 1. The lowest BCUT2D eigenvalue weighted by Crippen LogP contribution is -2.41. The summed E-state index contributed by atoms with van der Waals surface area (Å²) in [7, 11) is 0. The Balaban J connectivity index is 2.17. The van der Waals surface area contributed by atoms with Crippen molar-refractivity contribution in [3.8, 4) is 0 Å². The number of rotatable bonds is 3. The van der Waals surface area contributed by atoms with Crippen LogP contribution in [0.25, 0.3) is 0 Å². The predicted molar refractivity (Wildman–Crippen MR) is 68.6 cm³/mol. The third-order valence-electron chi connectivity index (χ3n) is 2.83. The first-order chi connectivity index (χ1) is 6.88. The second-order valence-corrected chi connectivity index (χ2v) is 6.72. The molecule has 1 aliphatic heterocycles. The van der Waals surface area contributed by atoms with E-state index in [1.54, 1.807) is 0 Å². The topological polar surface area (TPSA) is 12.5 Å². The standard InChI is InChI=1S/C12H24BrNO/c1-10-9-14(6-5-11(10)13)7-8-15-12(2,3)4/h10-11H,5-9H2,1-4H3. The van der Waals surface area contributed by atoms with Gasteiger partial charge in [-0.2, -0.15) is 0 Å². The third-order valence-corrected chi connectivity index (χ3v) is 4.19. The van der Waals surface area contributed by atoms with E-state index in [0.717, 1.165) is 19.1 Å². The summed E-state index contributed by atoms with van der Waals surface area (Å²) in [6, 6.07) is 0. The molecule has 0 aliphatic carbocycles. The SMILES string of the molecule is CC1CN(CCOC(C)(C)C)CCC1Br. The van der Waals surface area contributed by atoms with Gasteiger partial charge in [-0.15, -0.1) is 0 Å². The van der Waals surface area contributed by atoms with E-state index in [2.05, 4.69) is 48.5 Å². The first kappa shape index (κ1) is 13.5. The summed E-state index contributed by atoms with van der Waals surface area (Å²) in [6.07, 6.45) is 1.26. The smallest absolute Gasteiger partial charge is 0.0600 e. The number of likely N-dealkylation sites (tertiary alicyclic amines) is 1. The highest BCUT2D eigenvalue weighted by molar-refractivity contribution is 9.09. The fourth-order valence-corrected chi connectivity index (χ4v) is 2.26. The Hall–Kier alpha value is 0.400. The van der Waals surface area contributed by atoms with Crippen LogP contribution in [0.15, 0.2) is 0 Å². The molecule has 0 spiro atoms. The van der Waals surface area contributed by atoms with E-state index in [1.165, 1.54) is 19.5 Å². The van der Waals surface area contributed by atoms with Crippen LogP contribution in [-0.2, 0) is 4.74 Å². The maximum absolute atomic E-state index is 5.74. The van der Waals surface area contributed by atoms with E-state index in [4.69, 9.17) is 4.74 Å². The Morgan fingerprint density at radius 2 is 2.07 bits per heavy atom. The normalized spacial score (nSPS) is 29.4. The predicted octanol–water partition coefficient (Wildman–Crippen LogP) is 2.91. The summed E-state index contributed by atoms with van der Waals surface area (Å²) < 4.78 is 5.74. The quantitative estimate of drug-likeness (QED) is 0.736. The van der Waals surface area contributed by atoms with Gasteiger partial charge in [0, 0.05) is 17.9 Å². The monoisotopic (exact) mass is 277 g/mol. The average Bonchev–Trinajstić information content (AvgIpc) is 2.09. The summed E-state index contributed by atoms with van der Waals surface area (Å²) in [6.45, 7) is 13.0. The van der Waals surface area contributed by atoms with Crippen molar-refractivity contribution in [3.05, 3.63) is 0 Å². The fraction of sp³-hybridized carbons (Fsp3) is 1.00. The highest BCUT2D eigenvalue weighted by Crippen LogP contribution is 2.23. The van der Waals surface area contributed by atoms with Gasteiger partial charge < -0.3 is 9.64 Å². The number of halogens is 1. The van der Waals surface area contributed by atoms with Crippen molar-refractivity contribution in [1.29, 1.82) is 0 Å². The van der Waals surface area contributed by atoms with Gasteiger partial charge in [-0.3, -0.25) is 0 Å².